The van der Waals surface area contributed by atoms with Gasteiger partial charge in [-0.2, -0.15) is 0 Å². The van der Waals surface area contributed by atoms with Gasteiger partial charge in [0.15, 0.2) is 0 Å². The Morgan fingerprint density at radius 2 is 1.75 bits per heavy atom. The van der Waals surface area contributed by atoms with Crippen LogP contribution in [-0.4, -0.2) is 5.97 Å². The third-order valence-electron chi connectivity index (χ3n) is 1.28. The van der Waals surface area contributed by atoms with E-state index in [1.54, 1.807) is 12.1 Å². The fraction of sp³-hybridized carbons (Fsp3) is 0.222. The van der Waals surface area contributed by atoms with Gasteiger partial charge in [-0.3, -0.25) is 4.79 Å². The molecule has 0 atom stereocenters. The first-order valence-corrected chi connectivity index (χ1v) is 3.43. The molecule has 0 amide bonds. The van der Waals surface area contributed by atoms with Gasteiger partial charge in [0.2, 0.25) is 0 Å². The number of esters is 1. The molecule has 0 spiro atoms. The second-order valence-corrected chi connectivity index (χ2v) is 2.41. The minimum atomic E-state index is -0.283. The molecule has 0 aromatic heterocycles. The molecule has 0 saturated carbocycles. The Bertz CT molecular complexity index is 254. The molecule has 1 aromatic carbocycles. The summed E-state index contributed by atoms with van der Waals surface area (Å²) in [4.78, 5) is 10.5. The maximum absolute atomic E-state index is 10.5. The van der Waals surface area contributed by atoms with Crippen molar-refractivity contribution in [1.29, 1.82) is 0 Å². The summed E-state index contributed by atoms with van der Waals surface area (Å²) in [6.45, 7) is 3.37. The van der Waals surface area contributed by atoms with Crippen LogP contribution < -0.4 is 4.74 Å². The van der Waals surface area contributed by atoms with Gasteiger partial charge in [-0.05, 0) is 19.1 Å². The van der Waals surface area contributed by atoms with Gasteiger partial charge in [0.05, 0.1) is 0 Å². The average Bonchev–Trinajstić information content (AvgIpc) is 1.93. The number of rotatable bonds is 1. The predicted molar refractivity (Wildman–Crippen MR) is 42.5 cm³/mol. The number of benzene rings is 1. The smallest absolute Gasteiger partial charge is 0.308 e. The van der Waals surface area contributed by atoms with Crippen molar-refractivity contribution in [3.63, 3.8) is 0 Å². The topological polar surface area (TPSA) is 26.3 Å². The fourth-order valence-electron chi connectivity index (χ4n) is 0.772. The van der Waals surface area contributed by atoms with E-state index in [9.17, 15) is 4.79 Å². The first kappa shape index (κ1) is 11.6. The van der Waals surface area contributed by atoms with Crippen LogP contribution in [0.25, 0.3) is 0 Å². The van der Waals surface area contributed by atoms with Crippen LogP contribution in [0.2, 0.25) is 0 Å². The molecular formula is C9H10HgO2. The van der Waals surface area contributed by atoms with Gasteiger partial charge in [0.1, 0.15) is 5.75 Å². The van der Waals surface area contributed by atoms with E-state index in [1.165, 1.54) is 6.92 Å². The molecule has 0 unspecified atom stereocenters. The number of hydrogen-bond donors (Lipinski definition) is 0. The van der Waals surface area contributed by atoms with Crippen molar-refractivity contribution in [2.24, 2.45) is 0 Å². The molecule has 0 bridgehead atoms. The van der Waals surface area contributed by atoms with Gasteiger partial charge < -0.3 is 4.74 Å². The van der Waals surface area contributed by atoms with E-state index < -0.39 is 0 Å². The van der Waals surface area contributed by atoms with E-state index in [2.05, 4.69) is 0 Å². The Morgan fingerprint density at radius 3 is 2.17 bits per heavy atom. The van der Waals surface area contributed by atoms with Crippen molar-refractivity contribution in [2.45, 2.75) is 13.8 Å². The Morgan fingerprint density at radius 1 is 1.25 bits per heavy atom. The Balaban J connectivity index is 0.00000121. The second kappa shape index (κ2) is 5.30. The standard InChI is InChI=1S/C9H10O2.Hg/c1-7-3-5-9(6-4-7)11-8(2)10;/h3-6H,1-2H3;. The Kier molecular flexibility index (Phi) is 5.14. The SMILES string of the molecule is CC(=O)Oc1ccc(C)cc1.[Hg]. The summed E-state index contributed by atoms with van der Waals surface area (Å²) < 4.78 is 4.83. The van der Waals surface area contributed by atoms with Gasteiger partial charge in [-0.15, -0.1) is 0 Å². The zero-order valence-electron chi connectivity index (χ0n) is 7.33. The number of carbonyl (C=O) groups excluding carboxylic acids is 1. The van der Waals surface area contributed by atoms with Crippen molar-refractivity contribution in [2.75, 3.05) is 0 Å². The van der Waals surface area contributed by atoms with E-state index in [0.717, 1.165) is 5.56 Å². The van der Waals surface area contributed by atoms with Gasteiger partial charge in [0, 0.05) is 34.6 Å². The van der Waals surface area contributed by atoms with Crippen LogP contribution in [0.3, 0.4) is 0 Å². The molecule has 0 radical (unpaired) electrons. The number of hydrogen-bond acceptors (Lipinski definition) is 2. The maximum atomic E-state index is 10.5. The first-order chi connectivity index (χ1) is 5.18. The van der Waals surface area contributed by atoms with Crippen molar-refractivity contribution < 1.29 is 37.2 Å². The normalized spacial score (nSPS) is 8.50. The third kappa shape index (κ3) is 3.86. The molecule has 0 aliphatic rings. The molecule has 0 N–H and O–H groups in total. The van der Waals surface area contributed by atoms with Crippen molar-refractivity contribution >= 4 is 5.97 Å². The van der Waals surface area contributed by atoms with E-state index in [-0.39, 0.29) is 33.6 Å². The number of ether oxygens (including phenoxy) is 1. The van der Waals surface area contributed by atoms with Gasteiger partial charge in [0.25, 0.3) is 0 Å². The zero-order chi connectivity index (χ0) is 8.27. The zero-order valence-corrected chi connectivity index (χ0v) is 12.8. The molecule has 1 rings (SSSR count). The molecule has 0 fully saturated rings. The van der Waals surface area contributed by atoms with Crippen molar-refractivity contribution in [3.8, 4) is 5.75 Å². The van der Waals surface area contributed by atoms with Crippen LogP contribution in [0.15, 0.2) is 24.3 Å². The Hall–Kier alpha value is -0.375. The maximum Gasteiger partial charge on any atom is 0.308 e. The van der Waals surface area contributed by atoms with Gasteiger partial charge in [-0.25, -0.2) is 0 Å². The molecule has 3 heteroatoms. The van der Waals surface area contributed by atoms with E-state index in [0.29, 0.717) is 5.75 Å². The molecule has 0 heterocycles. The minimum absolute atomic E-state index is 0. The summed E-state index contributed by atoms with van der Waals surface area (Å²) in [5, 5.41) is 0. The van der Waals surface area contributed by atoms with Crippen LogP contribution >= 0.6 is 0 Å². The largest absolute Gasteiger partial charge is 0.427 e. The number of aryl methyl sites for hydroxylation is 1. The minimum Gasteiger partial charge on any atom is -0.427 e. The first-order valence-electron chi connectivity index (χ1n) is 3.43. The summed E-state index contributed by atoms with van der Waals surface area (Å²) >= 11 is 0. The van der Waals surface area contributed by atoms with Gasteiger partial charge in [-0.1, -0.05) is 17.7 Å². The van der Waals surface area contributed by atoms with Gasteiger partial charge >= 0.3 is 5.97 Å². The van der Waals surface area contributed by atoms with E-state index in [1.807, 2.05) is 19.1 Å². The summed E-state index contributed by atoms with van der Waals surface area (Å²) in [5.74, 6) is 0.317. The predicted octanol–water partition coefficient (Wildman–Crippen LogP) is 1.92. The van der Waals surface area contributed by atoms with Crippen LogP contribution in [0, 0.1) is 6.92 Å². The van der Waals surface area contributed by atoms with E-state index >= 15 is 0 Å². The molecule has 12 heavy (non-hydrogen) atoms. The molecule has 60 valence electrons. The van der Waals surface area contributed by atoms with Crippen LogP contribution in [-0.2, 0) is 32.5 Å². The molecular weight excluding hydrogens is 341 g/mol. The number of carbonyl (C=O) groups is 1. The third-order valence-corrected chi connectivity index (χ3v) is 1.28. The monoisotopic (exact) mass is 352 g/mol. The summed E-state index contributed by atoms with van der Waals surface area (Å²) in [5.41, 5.74) is 1.15. The van der Waals surface area contributed by atoms with Crippen LogP contribution in [0.4, 0.5) is 0 Å². The summed E-state index contributed by atoms with van der Waals surface area (Å²) in [6.07, 6.45) is 0. The quantitative estimate of drug-likeness (QED) is 0.439. The second-order valence-electron chi connectivity index (χ2n) is 2.41. The average molecular weight is 351 g/mol. The molecule has 1 aromatic rings. The fourth-order valence-corrected chi connectivity index (χ4v) is 0.772. The molecule has 0 aliphatic carbocycles. The summed E-state index contributed by atoms with van der Waals surface area (Å²) in [7, 11) is 0. The summed E-state index contributed by atoms with van der Waals surface area (Å²) in [6, 6.07) is 7.35. The molecule has 2 nitrogen and oxygen atoms in total. The Labute approximate surface area is 92.4 Å². The molecule has 0 aliphatic heterocycles. The van der Waals surface area contributed by atoms with Crippen LogP contribution in [0.5, 0.6) is 5.75 Å². The van der Waals surface area contributed by atoms with Crippen molar-refractivity contribution in [1.82, 2.24) is 0 Å². The molecule has 0 saturated heterocycles. The van der Waals surface area contributed by atoms with Crippen LogP contribution in [0.1, 0.15) is 12.5 Å². The van der Waals surface area contributed by atoms with Crippen molar-refractivity contribution in [3.05, 3.63) is 29.8 Å². The van der Waals surface area contributed by atoms with E-state index in [4.69, 9.17) is 4.74 Å².